The van der Waals surface area contributed by atoms with E-state index in [1.54, 1.807) is 19.3 Å². The first-order valence-corrected chi connectivity index (χ1v) is 14.6. The highest BCUT2D eigenvalue weighted by Gasteiger charge is 2.34. The molecule has 9 nitrogen and oxygen atoms in total. The summed E-state index contributed by atoms with van der Waals surface area (Å²) >= 11 is 0. The summed E-state index contributed by atoms with van der Waals surface area (Å²) in [6.07, 6.45) is 6.97. The molecule has 0 radical (unpaired) electrons. The fourth-order valence-corrected chi connectivity index (χ4v) is 5.45. The third-order valence-corrected chi connectivity index (χ3v) is 7.74. The Morgan fingerprint density at radius 1 is 1.22 bits per heavy atom. The van der Waals surface area contributed by atoms with Crippen LogP contribution in [0.25, 0.3) is 10.9 Å². The Bertz CT molecular complexity index is 1290. The number of aromatic amines is 1. The first kappa shape index (κ1) is 27.0. The highest BCUT2D eigenvalue weighted by Crippen LogP contribution is 2.31. The summed E-state index contributed by atoms with van der Waals surface area (Å²) in [7, 11) is -3.31. The van der Waals surface area contributed by atoms with Crippen molar-refractivity contribution < 1.29 is 18.0 Å². The minimum Gasteiger partial charge on any atom is -0.358 e. The number of H-pyrrole nitrogens is 1. The molecule has 0 saturated carbocycles. The average molecular weight is 526 g/mol. The number of pyridine rings is 1. The van der Waals surface area contributed by atoms with Crippen LogP contribution < -0.4 is 10.0 Å². The van der Waals surface area contributed by atoms with Crippen molar-refractivity contribution in [3.05, 3.63) is 66.1 Å². The zero-order valence-corrected chi connectivity index (χ0v) is 22.1. The average Bonchev–Trinajstić information content (AvgIpc) is 3.30. The Kier molecular flexibility index (Phi) is 8.73. The van der Waals surface area contributed by atoms with Crippen molar-refractivity contribution in [1.29, 1.82) is 0 Å². The lowest BCUT2D eigenvalue weighted by Gasteiger charge is -2.39. The van der Waals surface area contributed by atoms with Crippen LogP contribution in [0.1, 0.15) is 43.4 Å². The van der Waals surface area contributed by atoms with Gasteiger partial charge >= 0.3 is 0 Å². The summed E-state index contributed by atoms with van der Waals surface area (Å²) in [5.74, 6) is -0.0121. The van der Waals surface area contributed by atoms with E-state index in [1.165, 1.54) is 5.56 Å². The molecule has 1 fully saturated rings. The lowest BCUT2D eigenvalue weighted by atomic mass is 9.85. The van der Waals surface area contributed by atoms with Gasteiger partial charge in [-0.25, -0.2) is 13.1 Å². The first-order chi connectivity index (χ1) is 17.7. The van der Waals surface area contributed by atoms with E-state index >= 15 is 0 Å². The number of likely N-dealkylation sites (tertiary alicyclic amines) is 1. The predicted molar refractivity (Wildman–Crippen MR) is 144 cm³/mol. The van der Waals surface area contributed by atoms with Gasteiger partial charge in [0.1, 0.15) is 0 Å². The molecule has 1 aliphatic heterocycles. The molecule has 3 atom stereocenters. The molecule has 0 bridgehead atoms. The van der Waals surface area contributed by atoms with Gasteiger partial charge in [-0.05, 0) is 56.3 Å². The van der Waals surface area contributed by atoms with Crippen LogP contribution in [0.4, 0.5) is 0 Å². The van der Waals surface area contributed by atoms with Crippen LogP contribution in [0, 0.1) is 0 Å². The standard InChI is InChI=1S/C27H35N5O4S/c1-19(26(33)9-8-23-16-22-18-28-12-10-24(22)31-23)30-27(34)25-17-21(20-6-4-3-5-7-20)11-14-32(25)15-13-29-37(2,35)36/h3-7,10,12,16,18-19,21,25,29,31H,8-9,11,13-15,17H2,1-2H3,(H,30,34)/t19-,21-,25+/m0/s1. The van der Waals surface area contributed by atoms with Crippen LogP contribution >= 0.6 is 0 Å². The second-order valence-corrected chi connectivity index (χ2v) is 11.6. The van der Waals surface area contributed by atoms with Crippen molar-refractivity contribution in [2.24, 2.45) is 0 Å². The number of sulfonamides is 1. The number of hydrogen-bond acceptors (Lipinski definition) is 6. The van der Waals surface area contributed by atoms with Gasteiger partial charge in [-0.3, -0.25) is 19.5 Å². The molecule has 0 aliphatic carbocycles. The fourth-order valence-electron chi connectivity index (χ4n) is 4.99. The van der Waals surface area contributed by atoms with Crippen LogP contribution in [0.5, 0.6) is 0 Å². The van der Waals surface area contributed by atoms with Crippen LogP contribution in [0.15, 0.2) is 54.9 Å². The second-order valence-electron chi connectivity index (χ2n) is 9.80. The number of carbonyl (C=O) groups is 2. The number of carbonyl (C=O) groups excluding carboxylic acids is 2. The number of aromatic nitrogens is 2. The summed E-state index contributed by atoms with van der Waals surface area (Å²) in [4.78, 5) is 35.7. The topological polar surface area (TPSA) is 124 Å². The van der Waals surface area contributed by atoms with Gasteiger partial charge in [0.05, 0.1) is 18.3 Å². The molecule has 3 aromatic rings. The van der Waals surface area contributed by atoms with E-state index in [0.717, 1.165) is 29.3 Å². The number of fused-ring (bicyclic) bond motifs is 1. The third-order valence-electron chi connectivity index (χ3n) is 7.01. The number of benzene rings is 1. The van der Waals surface area contributed by atoms with Gasteiger partial charge in [-0.15, -0.1) is 0 Å². The van der Waals surface area contributed by atoms with Crippen molar-refractivity contribution in [3.8, 4) is 0 Å². The fraction of sp³-hybridized carbons (Fsp3) is 0.444. The summed E-state index contributed by atoms with van der Waals surface area (Å²) in [5.41, 5.74) is 3.12. The van der Waals surface area contributed by atoms with Crippen molar-refractivity contribution in [1.82, 2.24) is 24.9 Å². The molecule has 198 valence electrons. The second kappa shape index (κ2) is 12.0. The molecular weight excluding hydrogens is 490 g/mol. The molecule has 1 amide bonds. The quantitative estimate of drug-likeness (QED) is 0.353. The van der Waals surface area contributed by atoms with Gasteiger partial charge in [0, 0.05) is 48.5 Å². The first-order valence-electron chi connectivity index (χ1n) is 12.7. The molecule has 10 heteroatoms. The number of hydrogen-bond donors (Lipinski definition) is 3. The van der Waals surface area contributed by atoms with Gasteiger partial charge in [-0.2, -0.15) is 0 Å². The molecule has 3 heterocycles. The van der Waals surface area contributed by atoms with Gasteiger partial charge in [0.15, 0.2) is 5.78 Å². The van der Waals surface area contributed by atoms with Gasteiger partial charge in [0.25, 0.3) is 0 Å². The number of piperidine rings is 1. The number of rotatable bonds is 11. The van der Waals surface area contributed by atoms with E-state index in [9.17, 15) is 18.0 Å². The van der Waals surface area contributed by atoms with E-state index < -0.39 is 22.1 Å². The Morgan fingerprint density at radius 3 is 2.73 bits per heavy atom. The summed E-state index contributed by atoms with van der Waals surface area (Å²) in [5, 5.41) is 3.93. The lowest BCUT2D eigenvalue weighted by molar-refractivity contribution is -0.132. The minimum absolute atomic E-state index is 0.0363. The van der Waals surface area contributed by atoms with Crippen molar-refractivity contribution in [2.45, 2.75) is 50.6 Å². The van der Waals surface area contributed by atoms with E-state index in [4.69, 9.17) is 0 Å². The number of Topliss-reactive ketones (excluding diaryl/α,β-unsaturated/α-hetero) is 1. The molecule has 0 unspecified atom stereocenters. The highest BCUT2D eigenvalue weighted by atomic mass is 32.2. The third kappa shape index (κ3) is 7.47. The number of aryl methyl sites for hydroxylation is 1. The normalized spacial score (nSPS) is 19.5. The maximum absolute atomic E-state index is 13.4. The molecule has 0 spiro atoms. The molecule has 4 rings (SSSR count). The number of amides is 1. The highest BCUT2D eigenvalue weighted by molar-refractivity contribution is 7.88. The summed E-state index contributed by atoms with van der Waals surface area (Å²) in [6, 6.07) is 12.9. The molecule has 1 aliphatic rings. The van der Waals surface area contributed by atoms with E-state index in [-0.39, 0.29) is 24.2 Å². The summed E-state index contributed by atoms with van der Waals surface area (Å²) < 4.78 is 25.5. The Hall–Kier alpha value is -3.08. The molecule has 1 aromatic carbocycles. The van der Waals surface area contributed by atoms with Crippen LogP contribution in [-0.4, -0.2) is 72.9 Å². The van der Waals surface area contributed by atoms with Crippen LogP contribution in [0.2, 0.25) is 0 Å². The van der Waals surface area contributed by atoms with Crippen molar-refractivity contribution in [3.63, 3.8) is 0 Å². The molecule has 3 N–H and O–H groups in total. The number of nitrogens with one attached hydrogen (secondary N) is 3. The Labute approximate surface area is 218 Å². The molecule has 37 heavy (non-hydrogen) atoms. The summed E-state index contributed by atoms with van der Waals surface area (Å²) in [6.45, 7) is 3.04. The maximum Gasteiger partial charge on any atom is 0.237 e. The van der Waals surface area contributed by atoms with Crippen LogP contribution in [0.3, 0.4) is 0 Å². The minimum atomic E-state index is -3.31. The maximum atomic E-state index is 13.4. The van der Waals surface area contributed by atoms with Crippen molar-refractivity contribution in [2.75, 3.05) is 25.9 Å². The van der Waals surface area contributed by atoms with E-state index in [2.05, 4.69) is 32.1 Å². The smallest absolute Gasteiger partial charge is 0.237 e. The monoisotopic (exact) mass is 525 g/mol. The van der Waals surface area contributed by atoms with Crippen molar-refractivity contribution >= 4 is 32.6 Å². The molecule has 2 aromatic heterocycles. The lowest BCUT2D eigenvalue weighted by Crippen LogP contribution is -2.55. The molecular formula is C27H35N5O4S. The Morgan fingerprint density at radius 2 is 2.00 bits per heavy atom. The zero-order valence-electron chi connectivity index (χ0n) is 21.3. The van der Waals surface area contributed by atoms with E-state index in [0.29, 0.717) is 32.4 Å². The van der Waals surface area contributed by atoms with Gasteiger partial charge in [-0.1, -0.05) is 30.3 Å². The van der Waals surface area contributed by atoms with Crippen LogP contribution in [-0.2, 0) is 26.0 Å². The SMILES string of the molecule is C[C@H](NC(=O)[C@H]1C[C@@H](c2ccccc2)CCN1CCNS(C)(=O)=O)C(=O)CCc1cc2cnccc2[nH]1. The Balaban J connectivity index is 1.37. The zero-order chi connectivity index (χ0) is 26.4. The number of nitrogens with zero attached hydrogens (tertiary/aromatic N) is 2. The van der Waals surface area contributed by atoms with E-state index in [1.807, 2.05) is 35.2 Å². The largest absolute Gasteiger partial charge is 0.358 e. The molecule has 1 saturated heterocycles. The predicted octanol–water partition coefficient (Wildman–Crippen LogP) is 2.37. The van der Waals surface area contributed by atoms with Gasteiger partial charge in [0.2, 0.25) is 15.9 Å². The number of ketones is 1. The van der Waals surface area contributed by atoms with Gasteiger partial charge < -0.3 is 10.3 Å².